The van der Waals surface area contributed by atoms with E-state index in [9.17, 15) is 5.48 Å². The van der Waals surface area contributed by atoms with E-state index >= 15 is 0 Å². The Morgan fingerprint density at radius 2 is 1.14 bits per heavy atom. The largest absolute Gasteiger partial charge is 0.510 e. The number of para-hydroxylation sites is 1. The van der Waals surface area contributed by atoms with Crippen molar-refractivity contribution < 1.29 is 44.1 Å². The fourth-order valence-electron chi connectivity index (χ4n) is 10.2. The van der Waals surface area contributed by atoms with Crippen LogP contribution >= 0.6 is 0 Å². The molecule has 362 valence electrons. The second kappa shape index (κ2) is 18.1. The van der Waals surface area contributed by atoms with Crippen LogP contribution in [0, 0.1) is 18.5 Å². The van der Waals surface area contributed by atoms with E-state index in [0.29, 0.717) is 56.2 Å². The summed E-state index contributed by atoms with van der Waals surface area (Å²) in [7, 11) is 0. The number of pyridine rings is 1. The first-order valence-electron chi connectivity index (χ1n) is 29.3. The van der Waals surface area contributed by atoms with Crippen LogP contribution in [-0.4, -0.2) is 14.1 Å². The summed E-state index contributed by atoms with van der Waals surface area (Å²) in [6, 6.07) is 47.8. The maximum Gasteiger partial charge on any atom is 0.268 e. The van der Waals surface area contributed by atoms with Gasteiger partial charge < -0.3 is 13.9 Å². The molecule has 13 rings (SSSR count). The van der Waals surface area contributed by atoms with Gasteiger partial charge in [-0.15, -0.1) is 29.7 Å². The molecule has 0 fully saturated rings. The summed E-state index contributed by atoms with van der Waals surface area (Å²) in [4.78, 5) is 4.86. The quantitative estimate of drug-likeness (QED) is 0.123. The molecule has 12 aromatic rings. The number of rotatable bonds is 6. The fourth-order valence-corrected chi connectivity index (χ4v) is 10.2. The topological polar surface area (TPSA) is 35.9 Å². The molecular weight excluding hydrogens is 1080 g/mol. The monoisotopic (exact) mass is 1150 g/mol. The Morgan fingerprint density at radius 3 is 1.84 bits per heavy atom. The number of aromatic nitrogens is 4. The molecule has 0 amide bonds. The van der Waals surface area contributed by atoms with Crippen LogP contribution in [0.2, 0.25) is 0 Å². The van der Waals surface area contributed by atoms with Gasteiger partial charge in [0, 0.05) is 44.3 Å². The predicted molar refractivity (Wildman–Crippen MR) is 298 cm³/mol. The first-order valence-corrected chi connectivity index (χ1v) is 24.3. The van der Waals surface area contributed by atoms with Crippen molar-refractivity contribution in [2.45, 2.75) is 52.4 Å². The maximum absolute atomic E-state index is 9.52. The van der Waals surface area contributed by atoms with Gasteiger partial charge in [-0.3, -0.25) is 4.57 Å². The minimum absolute atomic E-state index is 0. The van der Waals surface area contributed by atoms with Gasteiger partial charge in [0.2, 0.25) is 0 Å². The Morgan fingerprint density at radius 1 is 0.514 bits per heavy atom. The molecule has 0 saturated carbocycles. The smallest absolute Gasteiger partial charge is 0.268 e. The molecule has 6 heteroatoms. The van der Waals surface area contributed by atoms with Crippen LogP contribution in [0.4, 0.5) is 0 Å². The first-order chi connectivity index (χ1) is 39.6. The SMILES string of the molecule is [2H]c1c([2H])c([2H])c(-c2cc3c4c(c2)n(-c2[c-]c(Oc5[c-]c6c(cc5)c5ccccc5n6-c5cc(C(C)(C)C)ccn5)ccc2)[c-][n+]4-c2c(cc(C(C)(C)C)cc2-c2c([2H])c([2H])c([2H])c([2H])c2[2H])-c2ccccc2-c2ccccc2-3)c([2H])c1[2H].[Pt]. The maximum atomic E-state index is 9.52. The molecule has 0 unspecified atom stereocenters. The Balaban J connectivity index is 0.00000694. The van der Waals surface area contributed by atoms with Gasteiger partial charge in [-0.2, -0.15) is 18.2 Å². The molecule has 0 aliphatic carbocycles. The molecule has 1 aliphatic rings. The Kier molecular flexibility index (Phi) is 9.00. The molecule has 0 bridgehead atoms. The summed E-state index contributed by atoms with van der Waals surface area (Å²) >= 11 is 0. The number of imidazole rings is 1. The van der Waals surface area contributed by atoms with Crippen molar-refractivity contribution in [3.05, 3.63) is 236 Å². The first kappa shape index (κ1) is 36.7. The third kappa shape index (κ3) is 7.98. The van der Waals surface area contributed by atoms with Gasteiger partial charge >= 0.3 is 0 Å². The van der Waals surface area contributed by atoms with E-state index in [0.717, 1.165) is 61.0 Å². The van der Waals surface area contributed by atoms with Crippen molar-refractivity contribution in [1.82, 2.24) is 14.1 Å². The molecule has 0 spiro atoms. The van der Waals surface area contributed by atoms with E-state index in [4.69, 9.17) is 17.9 Å². The zero-order valence-corrected chi connectivity index (χ0v) is 43.6. The van der Waals surface area contributed by atoms with E-state index in [1.54, 1.807) is 16.7 Å². The van der Waals surface area contributed by atoms with E-state index in [-0.39, 0.29) is 61.8 Å². The second-order valence-corrected chi connectivity index (χ2v) is 20.5. The Labute approximate surface area is 461 Å². The van der Waals surface area contributed by atoms with E-state index < -0.39 is 41.7 Å². The number of benzene rings is 9. The summed E-state index contributed by atoms with van der Waals surface area (Å²) in [5.74, 6) is 1.48. The molecule has 5 nitrogen and oxygen atoms in total. The molecule has 1 aliphatic heterocycles. The van der Waals surface area contributed by atoms with Crippen molar-refractivity contribution in [1.29, 1.82) is 0 Å². The summed E-state index contributed by atoms with van der Waals surface area (Å²) in [6.07, 6.45) is 5.53. The Bertz CT molecular complexity index is 4710. The van der Waals surface area contributed by atoms with Gasteiger partial charge in [0.15, 0.2) is 0 Å². The second-order valence-electron chi connectivity index (χ2n) is 20.5. The minimum atomic E-state index is -0.519. The fraction of sp³-hybridized carbons (Fsp3) is 0.118. The molecule has 0 N–H and O–H groups in total. The number of nitrogens with zero attached hydrogens (tertiary/aromatic N) is 4. The van der Waals surface area contributed by atoms with Gasteiger partial charge in [-0.05, 0) is 113 Å². The van der Waals surface area contributed by atoms with E-state index in [2.05, 4.69) is 88.8 Å². The van der Waals surface area contributed by atoms with Gasteiger partial charge in [-0.25, -0.2) is 4.98 Å². The van der Waals surface area contributed by atoms with E-state index in [1.807, 2.05) is 114 Å². The van der Waals surface area contributed by atoms with E-state index in [1.165, 1.54) is 0 Å². The molecular formula is C68H52N4OPt-2. The molecule has 3 aromatic heterocycles. The Hall–Kier alpha value is -8.11. The number of hydrogen-bond acceptors (Lipinski definition) is 2. The average molecular weight is 1150 g/mol. The van der Waals surface area contributed by atoms with Crippen molar-refractivity contribution in [3.63, 3.8) is 0 Å². The normalized spacial score (nSPS) is 14.0. The van der Waals surface area contributed by atoms with Crippen LogP contribution < -0.4 is 9.30 Å². The number of fused-ring (bicyclic) bond motifs is 10. The molecule has 4 heterocycles. The molecule has 0 radical (unpaired) electrons. The third-order valence-electron chi connectivity index (χ3n) is 13.8. The van der Waals surface area contributed by atoms with Crippen molar-refractivity contribution in [3.8, 4) is 84.3 Å². The van der Waals surface area contributed by atoms with Crippen LogP contribution in [0.15, 0.2) is 206 Å². The summed E-state index contributed by atoms with van der Waals surface area (Å²) in [5, 5.41) is 2.00. The minimum Gasteiger partial charge on any atom is -0.510 e. The van der Waals surface area contributed by atoms with Crippen LogP contribution in [0.5, 0.6) is 11.5 Å². The van der Waals surface area contributed by atoms with Gasteiger partial charge in [0.05, 0.1) is 30.4 Å². The molecule has 74 heavy (non-hydrogen) atoms. The summed E-state index contributed by atoms with van der Waals surface area (Å²) in [5.41, 5.74) is 10.2. The van der Waals surface area contributed by atoms with Crippen LogP contribution in [0.3, 0.4) is 0 Å². The predicted octanol–water partition coefficient (Wildman–Crippen LogP) is 16.8. The van der Waals surface area contributed by atoms with Crippen molar-refractivity contribution in [2.24, 2.45) is 0 Å². The average Bonchev–Trinajstić information content (AvgIpc) is 1.54. The van der Waals surface area contributed by atoms with Crippen LogP contribution in [-0.2, 0) is 31.9 Å². The summed E-state index contributed by atoms with van der Waals surface area (Å²) in [6.45, 7) is 12.7. The molecule has 0 saturated heterocycles. The van der Waals surface area contributed by atoms with Gasteiger partial charge in [0.1, 0.15) is 5.82 Å². The molecule has 9 aromatic carbocycles. The van der Waals surface area contributed by atoms with Crippen molar-refractivity contribution in [2.75, 3.05) is 0 Å². The molecule has 0 atom stereocenters. The van der Waals surface area contributed by atoms with Gasteiger partial charge in [-0.1, -0.05) is 192 Å². The third-order valence-corrected chi connectivity index (χ3v) is 13.8. The summed E-state index contributed by atoms with van der Waals surface area (Å²) < 4.78 is 103. The standard InChI is InChI=1S/C68H52N4O.Pt/c1-67(2,3)47-34-35-69-64(40-47)72-61-31-18-17-30-56(61)57-33-32-51(42-62(57)72)73-50-25-19-24-49(41-50)70-43-71-65-58(45-22-11-8-12-23-45)38-48(68(4,5)6)39-60(65)55-29-16-14-27-53(55)52-26-13-15-28-54(52)59-36-46(37-63(70)66(59)71)44-20-9-7-10-21-44;/h7-40H,1-6H3;/q-2;/i7D,8D,9D,10D,11D,12D,20D,21D,22D,23D;. The zero-order valence-electron chi connectivity index (χ0n) is 51.4. The zero-order chi connectivity index (χ0) is 58.3. The number of ether oxygens (including phenoxy) is 1. The van der Waals surface area contributed by atoms with Crippen molar-refractivity contribution >= 4 is 32.8 Å². The van der Waals surface area contributed by atoms with Gasteiger partial charge in [0.25, 0.3) is 6.33 Å². The van der Waals surface area contributed by atoms with Crippen LogP contribution in [0.1, 0.15) is 66.4 Å². The number of hydrogen-bond donors (Lipinski definition) is 0. The van der Waals surface area contributed by atoms with Crippen LogP contribution in [0.25, 0.3) is 106 Å².